The predicted octanol–water partition coefficient (Wildman–Crippen LogP) is -0.0447. The average molecular weight is 286 g/mol. The summed E-state index contributed by atoms with van der Waals surface area (Å²) < 4.78 is 30.0. The summed E-state index contributed by atoms with van der Waals surface area (Å²) in [6.45, 7) is 0.870. The van der Waals surface area contributed by atoms with Crippen LogP contribution in [0.15, 0.2) is 12.4 Å². The van der Waals surface area contributed by atoms with Crippen molar-refractivity contribution in [3.05, 3.63) is 12.4 Å². The lowest BCUT2D eigenvalue weighted by Crippen LogP contribution is -2.30. The van der Waals surface area contributed by atoms with Crippen molar-refractivity contribution in [1.29, 1.82) is 0 Å². The molecule has 1 atom stereocenters. The van der Waals surface area contributed by atoms with E-state index in [0.717, 1.165) is 5.82 Å². The molecule has 8 heteroatoms. The number of aromatic nitrogens is 2. The summed E-state index contributed by atoms with van der Waals surface area (Å²) in [5.74, 6) is 1.22. The quantitative estimate of drug-likeness (QED) is 0.773. The molecule has 0 spiro atoms. The first kappa shape index (κ1) is 14.0. The number of rotatable bonds is 4. The molecule has 1 fully saturated rings. The largest absolute Gasteiger partial charge is 0.473 e. The van der Waals surface area contributed by atoms with Gasteiger partial charge in [0, 0.05) is 26.7 Å². The minimum atomic E-state index is -3.14. The number of hydrogen-bond donors (Lipinski definition) is 0. The molecule has 1 aromatic heterocycles. The van der Waals surface area contributed by atoms with E-state index in [1.54, 1.807) is 6.07 Å². The van der Waals surface area contributed by atoms with Crippen LogP contribution >= 0.6 is 0 Å². The highest BCUT2D eigenvalue weighted by Crippen LogP contribution is 2.20. The zero-order chi connectivity index (χ0) is 14.0. The summed E-state index contributed by atoms with van der Waals surface area (Å²) >= 11 is 0. The first-order chi connectivity index (χ1) is 8.86. The molecule has 1 aromatic rings. The molecule has 0 amide bonds. The van der Waals surface area contributed by atoms with Crippen LogP contribution in [0.1, 0.15) is 6.42 Å². The van der Waals surface area contributed by atoms with Crippen molar-refractivity contribution in [2.75, 3.05) is 38.3 Å². The minimum Gasteiger partial charge on any atom is -0.473 e. The summed E-state index contributed by atoms with van der Waals surface area (Å²) in [4.78, 5) is 9.99. The number of anilines is 1. The van der Waals surface area contributed by atoms with E-state index in [9.17, 15) is 8.42 Å². The first-order valence-corrected chi connectivity index (χ1v) is 7.82. The van der Waals surface area contributed by atoms with Gasteiger partial charge in [0.25, 0.3) is 0 Å². The van der Waals surface area contributed by atoms with E-state index in [1.807, 2.05) is 19.0 Å². The van der Waals surface area contributed by atoms with Crippen LogP contribution in [0.2, 0.25) is 0 Å². The number of nitrogens with zero attached hydrogens (tertiary/aromatic N) is 4. The average Bonchev–Trinajstić information content (AvgIpc) is 2.77. The molecule has 2 heterocycles. The number of sulfonamides is 1. The van der Waals surface area contributed by atoms with Crippen LogP contribution < -0.4 is 9.64 Å². The standard InChI is InChI=1S/C11H18N4O3S/c1-14(2)10-6-11(13-8-12-10)18-9-4-5-15(7-9)19(3,16)17/h6,8-9H,4-5,7H2,1-3H3. The third-order valence-electron chi connectivity index (χ3n) is 2.95. The van der Waals surface area contributed by atoms with Crippen molar-refractivity contribution in [1.82, 2.24) is 14.3 Å². The smallest absolute Gasteiger partial charge is 0.218 e. The van der Waals surface area contributed by atoms with E-state index in [0.29, 0.717) is 25.4 Å². The second-order valence-electron chi connectivity index (χ2n) is 4.76. The highest BCUT2D eigenvalue weighted by atomic mass is 32.2. The van der Waals surface area contributed by atoms with Crippen molar-refractivity contribution in [2.24, 2.45) is 0 Å². The molecule has 2 rings (SSSR count). The van der Waals surface area contributed by atoms with E-state index in [2.05, 4.69) is 9.97 Å². The van der Waals surface area contributed by atoms with Crippen molar-refractivity contribution in [3.8, 4) is 5.88 Å². The highest BCUT2D eigenvalue weighted by Gasteiger charge is 2.30. The van der Waals surface area contributed by atoms with E-state index >= 15 is 0 Å². The first-order valence-electron chi connectivity index (χ1n) is 5.97. The van der Waals surface area contributed by atoms with Gasteiger partial charge in [0.05, 0.1) is 12.8 Å². The molecule has 0 N–H and O–H groups in total. The van der Waals surface area contributed by atoms with Gasteiger partial charge in [0.1, 0.15) is 18.2 Å². The zero-order valence-electron chi connectivity index (χ0n) is 11.3. The van der Waals surface area contributed by atoms with Crippen LogP contribution in [0.4, 0.5) is 5.82 Å². The minimum absolute atomic E-state index is 0.153. The van der Waals surface area contributed by atoms with Crippen LogP contribution in [-0.4, -0.2) is 62.2 Å². The van der Waals surface area contributed by atoms with Gasteiger partial charge in [-0.2, -0.15) is 4.31 Å². The SMILES string of the molecule is CN(C)c1cc(OC2CCN(S(C)(=O)=O)C2)ncn1. The molecule has 106 valence electrons. The second kappa shape index (κ2) is 5.30. The number of hydrogen-bond acceptors (Lipinski definition) is 6. The Kier molecular flexibility index (Phi) is 3.91. The van der Waals surface area contributed by atoms with Crippen molar-refractivity contribution < 1.29 is 13.2 Å². The summed E-state index contributed by atoms with van der Waals surface area (Å²) in [6.07, 6.45) is 3.17. The van der Waals surface area contributed by atoms with Gasteiger partial charge >= 0.3 is 0 Å². The molecule has 1 aliphatic rings. The van der Waals surface area contributed by atoms with Crippen molar-refractivity contribution >= 4 is 15.8 Å². The molecular formula is C11H18N4O3S. The Bertz CT molecular complexity index is 547. The Labute approximate surface area is 113 Å². The molecule has 0 saturated carbocycles. The monoisotopic (exact) mass is 286 g/mol. The third kappa shape index (κ3) is 3.54. The fourth-order valence-electron chi connectivity index (χ4n) is 1.90. The molecule has 0 aliphatic carbocycles. The molecule has 0 radical (unpaired) electrons. The molecular weight excluding hydrogens is 268 g/mol. The highest BCUT2D eigenvalue weighted by molar-refractivity contribution is 7.88. The van der Waals surface area contributed by atoms with Crippen LogP contribution in [0.5, 0.6) is 5.88 Å². The topological polar surface area (TPSA) is 75.6 Å². The van der Waals surface area contributed by atoms with Crippen LogP contribution in [0.3, 0.4) is 0 Å². The Morgan fingerprint density at radius 1 is 1.42 bits per heavy atom. The van der Waals surface area contributed by atoms with Gasteiger partial charge < -0.3 is 9.64 Å². The van der Waals surface area contributed by atoms with E-state index in [1.165, 1.54) is 16.9 Å². The van der Waals surface area contributed by atoms with Crippen molar-refractivity contribution in [3.63, 3.8) is 0 Å². The zero-order valence-corrected chi connectivity index (χ0v) is 12.1. The van der Waals surface area contributed by atoms with Gasteiger partial charge in [-0.25, -0.2) is 18.4 Å². The summed E-state index contributed by atoms with van der Waals surface area (Å²) in [6, 6.07) is 1.74. The fraction of sp³-hybridized carbons (Fsp3) is 0.636. The Morgan fingerprint density at radius 3 is 2.74 bits per heavy atom. The lowest BCUT2D eigenvalue weighted by Gasteiger charge is -2.16. The summed E-state index contributed by atoms with van der Waals surface area (Å²) in [5.41, 5.74) is 0. The molecule has 1 aliphatic heterocycles. The Morgan fingerprint density at radius 2 is 2.16 bits per heavy atom. The van der Waals surface area contributed by atoms with Crippen LogP contribution in [0, 0.1) is 0 Å². The van der Waals surface area contributed by atoms with Gasteiger partial charge in [-0.1, -0.05) is 0 Å². The predicted molar refractivity (Wildman–Crippen MR) is 71.8 cm³/mol. The fourth-order valence-corrected chi connectivity index (χ4v) is 2.78. The molecule has 0 aromatic carbocycles. The maximum Gasteiger partial charge on any atom is 0.218 e. The van der Waals surface area contributed by atoms with Crippen LogP contribution in [0.25, 0.3) is 0 Å². The molecule has 7 nitrogen and oxygen atoms in total. The van der Waals surface area contributed by atoms with Crippen LogP contribution in [-0.2, 0) is 10.0 Å². The van der Waals surface area contributed by atoms with Gasteiger partial charge in [-0.15, -0.1) is 0 Å². The van der Waals surface area contributed by atoms with Gasteiger partial charge in [0.2, 0.25) is 15.9 Å². The molecule has 1 unspecified atom stereocenters. The summed E-state index contributed by atoms with van der Waals surface area (Å²) in [5, 5.41) is 0. The van der Waals surface area contributed by atoms with E-state index in [-0.39, 0.29) is 6.10 Å². The maximum atomic E-state index is 11.4. The Hall–Kier alpha value is -1.41. The lowest BCUT2D eigenvalue weighted by atomic mass is 10.3. The number of ether oxygens (including phenoxy) is 1. The Balaban J connectivity index is 2.01. The maximum absolute atomic E-state index is 11.4. The lowest BCUT2D eigenvalue weighted by molar-refractivity contribution is 0.207. The molecule has 19 heavy (non-hydrogen) atoms. The summed E-state index contributed by atoms with van der Waals surface area (Å²) in [7, 11) is 0.627. The third-order valence-corrected chi connectivity index (χ3v) is 4.22. The van der Waals surface area contributed by atoms with Crippen molar-refractivity contribution in [2.45, 2.75) is 12.5 Å². The van der Waals surface area contributed by atoms with E-state index in [4.69, 9.17) is 4.74 Å². The van der Waals surface area contributed by atoms with Gasteiger partial charge in [-0.05, 0) is 6.42 Å². The van der Waals surface area contributed by atoms with Gasteiger partial charge in [-0.3, -0.25) is 0 Å². The normalized spacial score (nSPS) is 20.5. The van der Waals surface area contributed by atoms with E-state index < -0.39 is 10.0 Å². The second-order valence-corrected chi connectivity index (χ2v) is 6.74. The molecule has 1 saturated heterocycles. The molecule has 0 bridgehead atoms. The van der Waals surface area contributed by atoms with Gasteiger partial charge in [0.15, 0.2) is 0 Å².